The number of benzene rings is 1. The van der Waals surface area contributed by atoms with Gasteiger partial charge in [0.1, 0.15) is 5.01 Å². The molecule has 0 saturated heterocycles. The van der Waals surface area contributed by atoms with Crippen molar-refractivity contribution in [2.75, 3.05) is 11.9 Å². The van der Waals surface area contributed by atoms with E-state index in [1.54, 1.807) is 13.1 Å². The summed E-state index contributed by atoms with van der Waals surface area (Å²) in [7, 11) is 0. The zero-order valence-corrected chi connectivity index (χ0v) is 21.3. The lowest BCUT2D eigenvalue weighted by atomic mass is 10.00. The first-order valence-electron chi connectivity index (χ1n) is 11.5. The van der Waals surface area contributed by atoms with Crippen molar-refractivity contribution >= 4 is 28.8 Å². The molecule has 0 saturated carbocycles. The number of thiazole rings is 1. The fourth-order valence-electron chi connectivity index (χ4n) is 3.49. The molecule has 1 heterocycles. The van der Waals surface area contributed by atoms with Gasteiger partial charge in [-0.2, -0.15) is 0 Å². The fourth-order valence-corrected chi connectivity index (χ4v) is 4.26. The van der Waals surface area contributed by atoms with E-state index in [0.29, 0.717) is 18.0 Å². The van der Waals surface area contributed by atoms with E-state index in [2.05, 4.69) is 15.6 Å². The SMILES string of the molecule is C/C=C\Nc1ccc([C@@H](C)NC(=O)[C@H](O)[C@@H](O)C(=O)N(CCCC)C(C)(C)c2nccs2)cc1. The first-order chi connectivity index (χ1) is 16.1. The Bertz CT molecular complexity index is 944. The minimum absolute atomic E-state index is 0.372. The van der Waals surface area contributed by atoms with Gasteiger partial charge in [-0.15, -0.1) is 11.3 Å². The van der Waals surface area contributed by atoms with E-state index in [-0.39, 0.29) is 0 Å². The smallest absolute Gasteiger partial charge is 0.255 e. The summed E-state index contributed by atoms with van der Waals surface area (Å²) in [6.45, 7) is 9.74. The molecule has 1 aromatic heterocycles. The molecular formula is C25H36N4O4S. The molecule has 34 heavy (non-hydrogen) atoms. The molecule has 0 unspecified atom stereocenters. The molecule has 0 radical (unpaired) electrons. The monoisotopic (exact) mass is 488 g/mol. The van der Waals surface area contributed by atoms with E-state index in [1.165, 1.54) is 16.2 Å². The third-order valence-electron chi connectivity index (χ3n) is 5.64. The van der Waals surface area contributed by atoms with Gasteiger partial charge in [0.2, 0.25) is 0 Å². The van der Waals surface area contributed by atoms with Crippen LogP contribution in [0.25, 0.3) is 0 Å². The Labute approximate surface area is 205 Å². The quantitative estimate of drug-likeness (QED) is 0.363. The normalized spacial score (nSPS) is 14.4. The van der Waals surface area contributed by atoms with Crippen molar-refractivity contribution in [1.29, 1.82) is 0 Å². The molecule has 0 aliphatic rings. The van der Waals surface area contributed by atoms with Crippen molar-refractivity contribution < 1.29 is 19.8 Å². The van der Waals surface area contributed by atoms with Gasteiger partial charge in [0.05, 0.1) is 11.6 Å². The summed E-state index contributed by atoms with van der Waals surface area (Å²) in [6, 6.07) is 7.03. The molecule has 0 aliphatic carbocycles. The van der Waals surface area contributed by atoms with Gasteiger partial charge in [-0.1, -0.05) is 31.6 Å². The van der Waals surface area contributed by atoms with Crippen LogP contribution in [0, 0.1) is 0 Å². The highest BCUT2D eigenvalue weighted by atomic mass is 32.1. The van der Waals surface area contributed by atoms with Gasteiger partial charge in [-0.05, 0) is 58.0 Å². The van der Waals surface area contributed by atoms with Crippen LogP contribution in [0.5, 0.6) is 0 Å². The number of hydrogen-bond acceptors (Lipinski definition) is 7. The molecule has 3 atom stereocenters. The summed E-state index contributed by atoms with van der Waals surface area (Å²) in [4.78, 5) is 31.7. The second-order valence-electron chi connectivity index (χ2n) is 8.63. The van der Waals surface area contributed by atoms with Gasteiger partial charge < -0.3 is 25.7 Å². The molecule has 0 spiro atoms. The van der Waals surface area contributed by atoms with E-state index in [4.69, 9.17) is 0 Å². The summed E-state index contributed by atoms with van der Waals surface area (Å²) < 4.78 is 0. The summed E-state index contributed by atoms with van der Waals surface area (Å²) >= 11 is 1.41. The summed E-state index contributed by atoms with van der Waals surface area (Å²) in [5.41, 5.74) is 0.923. The molecule has 0 fully saturated rings. The Morgan fingerprint density at radius 2 is 1.88 bits per heavy atom. The lowest BCUT2D eigenvalue weighted by Crippen LogP contribution is -2.55. The third-order valence-corrected chi connectivity index (χ3v) is 6.72. The second kappa shape index (κ2) is 12.6. The molecule has 4 N–H and O–H groups in total. The summed E-state index contributed by atoms with van der Waals surface area (Å²) in [6.07, 6.45) is 3.12. The number of allylic oxidation sites excluding steroid dienone is 1. The largest absolute Gasteiger partial charge is 0.380 e. The Morgan fingerprint density at radius 3 is 2.44 bits per heavy atom. The molecule has 0 bridgehead atoms. The highest BCUT2D eigenvalue weighted by Crippen LogP contribution is 2.30. The summed E-state index contributed by atoms with van der Waals surface area (Å²) in [5, 5.41) is 29.5. The van der Waals surface area contributed by atoms with Crippen LogP contribution in [0.4, 0.5) is 5.69 Å². The van der Waals surface area contributed by atoms with E-state index < -0.39 is 35.6 Å². The average molecular weight is 489 g/mol. The van der Waals surface area contributed by atoms with Crippen molar-refractivity contribution in [3.05, 3.63) is 58.7 Å². The second-order valence-corrected chi connectivity index (χ2v) is 9.52. The minimum atomic E-state index is -1.90. The molecule has 2 rings (SSSR count). The molecule has 8 nitrogen and oxygen atoms in total. The lowest BCUT2D eigenvalue weighted by Gasteiger charge is -2.39. The van der Waals surface area contributed by atoms with Crippen LogP contribution >= 0.6 is 11.3 Å². The molecular weight excluding hydrogens is 452 g/mol. The molecule has 9 heteroatoms. The van der Waals surface area contributed by atoms with E-state index in [1.807, 2.05) is 69.6 Å². The van der Waals surface area contributed by atoms with Crippen molar-refractivity contribution in [3.63, 3.8) is 0 Å². The third kappa shape index (κ3) is 6.88. The Morgan fingerprint density at radius 1 is 1.21 bits per heavy atom. The highest BCUT2D eigenvalue weighted by molar-refractivity contribution is 7.09. The Hall–Kier alpha value is -2.75. The van der Waals surface area contributed by atoms with Crippen LogP contribution < -0.4 is 10.6 Å². The first-order valence-corrected chi connectivity index (χ1v) is 12.4. The van der Waals surface area contributed by atoms with Gasteiger partial charge in [0, 0.05) is 23.8 Å². The number of unbranched alkanes of at least 4 members (excludes halogenated alkanes) is 1. The lowest BCUT2D eigenvalue weighted by molar-refractivity contribution is -0.158. The van der Waals surface area contributed by atoms with Gasteiger partial charge in [-0.25, -0.2) is 4.98 Å². The standard InChI is InChI=1S/C25H36N4O4S/c1-6-8-15-29(25(4,5)24-27-14-16-34-24)23(33)21(31)20(30)22(32)28-17(3)18-9-11-19(12-10-18)26-13-7-2/h7,9-14,16-17,20-21,26,30-31H,6,8,15H2,1-5H3,(H,28,32)/b13-7-/t17-,20-,21-/m1/s1. The van der Waals surface area contributed by atoms with Crippen LogP contribution in [0.2, 0.25) is 0 Å². The minimum Gasteiger partial charge on any atom is -0.380 e. The van der Waals surface area contributed by atoms with Crippen LogP contribution in [0.1, 0.15) is 64.1 Å². The van der Waals surface area contributed by atoms with E-state index in [0.717, 1.165) is 17.7 Å². The maximum Gasteiger partial charge on any atom is 0.255 e. The maximum atomic E-state index is 13.2. The maximum absolute atomic E-state index is 13.2. The van der Waals surface area contributed by atoms with Crippen LogP contribution in [0.15, 0.2) is 48.1 Å². The fraction of sp³-hybridized carbons (Fsp3) is 0.480. The summed E-state index contributed by atoms with van der Waals surface area (Å²) in [5.74, 6) is -1.52. The predicted octanol–water partition coefficient (Wildman–Crippen LogP) is 3.55. The number of aliphatic hydroxyl groups excluding tert-OH is 2. The van der Waals surface area contributed by atoms with Gasteiger partial charge >= 0.3 is 0 Å². The Kier molecular flexibility index (Phi) is 10.2. The first kappa shape index (κ1) is 27.5. The van der Waals surface area contributed by atoms with Crippen molar-refractivity contribution in [3.8, 4) is 0 Å². The number of carbonyl (C=O) groups excluding carboxylic acids is 2. The van der Waals surface area contributed by atoms with E-state index >= 15 is 0 Å². The number of rotatable bonds is 12. The Balaban J connectivity index is 2.09. The number of aromatic nitrogens is 1. The van der Waals surface area contributed by atoms with Crippen LogP contribution in [0.3, 0.4) is 0 Å². The number of nitrogens with one attached hydrogen (secondary N) is 2. The number of nitrogens with zero attached hydrogens (tertiary/aromatic N) is 2. The number of amides is 2. The van der Waals surface area contributed by atoms with Crippen molar-refractivity contribution in [2.24, 2.45) is 0 Å². The van der Waals surface area contributed by atoms with Gasteiger partial charge in [0.25, 0.3) is 11.8 Å². The number of hydrogen-bond donors (Lipinski definition) is 4. The molecule has 186 valence electrons. The molecule has 1 aromatic carbocycles. The predicted molar refractivity (Wildman–Crippen MR) is 135 cm³/mol. The molecule has 0 aliphatic heterocycles. The van der Waals surface area contributed by atoms with Gasteiger partial charge in [-0.3, -0.25) is 9.59 Å². The topological polar surface area (TPSA) is 115 Å². The number of aliphatic hydroxyl groups is 2. The van der Waals surface area contributed by atoms with Crippen LogP contribution in [-0.2, 0) is 15.1 Å². The van der Waals surface area contributed by atoms with Crippen molar-refractivity contribution in [2.45, 2.75) is 71.2 Å². The number of anilines is 1. The van der Waals surface area contributed by atoms with Crippen LogP contribution in [-0.4, -0.2) is 50.7 Å². The number of carbonyl (C=O) groups is 2. The van der Waals surface area contributed by atoms with Crippen molar-refractivity contribution in [1.82, 2.24) is 15.2 Å². The van der Waals surface area contributed by atoms with Gasteiger partial charge in [0.15, 0.2) is 12.2 Å². The zero-order chi connectivity index (χ0) is 25.3. The average Bonchev–Trinajstić information content (AvgIpc) is 3.38. The van der Waals surface area contributed by atoms with E-state index in [9.17, 15) is 19.8 Å². The molecule has 2 aromatic rings. The highest BCUT2D eigenvalue weighted by Gasteiger charge is 2.41. The zero-order valence-electron chi connectivity index (χ0n) is 20.5. The molecule has 2 amide bonds.